The second-order valence-corrected chi connectivity index (χ2v) is 11.3. The van der Waals surface area contributed by atoms with Crippen molar-refractivity contribution in [2.75, 3.05) is 20.8 Å². The average molecular weight is 510 g/mol. The van der Waals surface area contributed by atoms with E-state index < -0.39 is 5.83 Å². The van der Waals surface area contributed by atoms with Crippen molar-refractivity contribution >= 4 is 12.1 Å². The normalized spacial score (nSPS) is 21.6. The first kappa shape index (κ1) is 34.4. The summed E-state index contributed by atoms with van der Waals surface area (Å²) in [6, 6.07) is 0.372. The molecule has 6 heteroatoms. The predicted molar refractivity (Wildman–Crippen MR) is 148 cm³/mol. The minimum absolute atomic E-state index is 0.00130. The number of ether oxygens (including phenoxy) is 2. The number of hydrogen-bond acceptors (Lipinski definition) is 5. The van der Waals surface area contributed by atoms with Gasteiger partial charge in [-0.25, -0.2) is 4.39 Å². The number of nitrogens with one attached hydrogen (secondary N) is 1. The minimum atomic E-state index is -0.481. The molecule has 208 valence electrons. The molecule has 0 aromatic carbocycles. The zero-order valence-corrected chi connectivity index (χ0v) is 24.3. The van der Waals surface area contributed by atoms with Gasteiger partial charge in [-0.05, 0) is 70.3 Å². The largest absolute Gasteiger partial charge is 0.379 e. The lowest BCUT2D eigenvalue weighted by Crippen LogP contribution is -2.42. The van der Waals surface area contributed by atoms with E-state index in [1.54, 1.807) is 27.2 Å². The van der Waals surface area contributed by atoms with Crippen LogP contribution in [0.4, 0.5) is 4.39 Å². The molecule has 5 unspecified atom stereocenters. The van der Waals surface area contributed by atoms with Gasteiger partial charge in [0.2, 0.25) is 0 Å². The molecule has 1 aliphatic heterocycles. The van der Waals surface area contributed by atoms with E-state index in [1.165, 1.54) is 25.3 Å². The molecule has 36 heavy (non-hydrogen) atoms. The number of allylic oxidation sites excluding steroid dienone is 4. The zero-order chi connectivity index (χ0) is 28.1. The molecule has 1 heterocycles. The lowest BCUT2D eigenvalue weighted by Gasteiger charge is -2.26. The number of halogens is 1. The molecule has 1 spiro atoms. The van der Waals surface area contributed by atoms with E-state index in [4.69, 9.17) is 9.47 Å². The number of rotatable bonds is 11. The third-order valence-corrected chi connectivity index (χ3v) is 7.44. The first-order valence-electron chi connectivity index (χ1n) is 13.1. The monoisotopic (exact) mass is 509 g/mol. The Bertz CT molecular complexity index is 736. The summed E-state index contributed by atoms with van der Waals surface area (Å²) in [5.41, 5.74) is 1.07. The molecule has 0 amide bonds. The number of methoxy groups -OCH3 is 2. The molecule has 0 aromatic heterocycles. The van der Waals surface area contributed by atoms with Crippen LogP contribution in [0.1, 0.15) is 80.6 Å². The second-order valence-electron chi connectivity index (χ2n) is 11.3. The highest BCUT2D eigenvalue weighted by Gasteiger charge is 2.50. The summed E-state index contributed by atoms with van der Waals surface area (Å²) in [7, 11) is 3.42. The molecule has 0 bridgehead atoms. The number of carbonyl (C=O) groups is 2. The standard InChI is InChI=1S/C13H19FO.C12H21NO2.C5H12O/c1-5-7-12(11(4)14)8-13(9-15)10(3)6-2;1-8(9(2)14)11(15-3)10-6-12(4-5-12)7-13-10;1-5(2,3)6-4/h5,7,9-10,13H,1,4,6,8H2,2-3H3;8,10-11,13H,4-7H2,1-3H3;1-4H3/b12-7-;;. The van der Waals surface area contributed by atoms with E-state index in [2.05, 4.69) is 18.5 Å². The summed E-state index contributed by atoms with van der Waals surface area (Å²) >= 11 is 0. The Hall–Kier alpha value is -1.63. The molecule has 1 saturated heterocycles. The van der Waals surface area contributed by atoms with Crippen LogP contribution in [0.2, 0.25) is 0 Å². The van der Waals surface area contributed by atoms with Crippen LogP contribution >= 0.6 is 0 Å². The molecule has 1 N–H and O–H groups in total. The van der Waals surface area contributed by atoms with Crippen LogP contribution < -0.4 is 5.32 Å². The molecule has 5 atom stereocenters. The Morgan fingerprint density at radius 2 is 1.81 bits per heavy atom. The van der Waals surface area contributed by atoms with Gasteiger partial charge in [0.05, 0.1) is 11.7 Å². The van der Waals surface area contributed by atoms with Crippen molar-refractivity contribution in [3.05, 3.63) is 36.7 Å². The van der Waals surface area contributed by atoms with Gasteiger partial charge in [-0.2, -0.15) is 0 Å². The van der Waals surface area contributed by atoms with Gasteiger partial charge in [-0.1, -0.05) is 52.5 Å². The molecule has 2 aliphatic rings. The minimum Gasteiger partial charge on any atom is -0.379 e. The fourth-order valence-corrected chi connectivity index (χ4v) is 4.05. The van der Waals surface area contributed by atoms with Gasteiger partial charge in [-0.15, -0.1) is 0 Å². The Kier molecular flexibility index (Phi) is 15.5. The quantitative estimate of drug-likeness (QED) is 0.250. The van der Waals surface area contributed by atoms with Crippen molar-refractivity contribution < 1.29 is 23.5 Å². The summed E-state index contributed by atoms with van der Waals surface area (Å²) < 4.78 is 23.4. The van der Waals surface area contributed by atoms with Gasteiger partial charge in [0.15, 0.2) is 0 Å². The second kappa shape index (κ2) is 16.3. The van der Waals surface area contributed by atoms with Crippen LogP contribution in [-0.2, 0) is 19.1 Å². The Balaban J connectivity index is 0.000000558. The zero-order valence-electron chi connectivity index (χ0n) is 24.3. The number of hydrogen-bond donors (Lipinski definition) is 1. The third-order valence-electron chi connectivity index (χ3n) is 7.44. The van der Waals surface area contributed by atoms with Gasteiger partial charge >= 0.3 is 0 Å². The molecular weight excluding hydrogens is 457 g/mol. The SMILES string of the molecule is C=C/C=C(/CC(C=O)C(C)CC)C(=C)F.COC(C)(C)C.COC(C1CC2(CC2)CN1)C(C)C(C)=O. The summed E-state index contributed by atoms with van der Waals surface area (Å²) in [5, 5.41) is 3.52. The Labute approximate surface area is 220 Å². The molecule has 0 aromatic rings. The smallest absolute Gasteiger partial charge is 0.135 e. The first-order chi connectivity index (χ1) is 16.7. The van der Waals surface area contributed by atoms with Crippen LogP contribution in [-0.4, -0.2) is 50.6 Å². The molecule has 0 radical (unpaired) electrons. The van der Waals surface area contributed by atoms with Crippen molar-refractivity contribution in [1.82, 2.24) is 5.32 Å². The third kappa shape index (κ3) is 12.6. The van der Waals surface area contributed by atoms with Crippen LogP contribution in [0.15, 0.2) is 36.7 Å². The number of ketones is 1. The summed E-state index contributed by atoms with van der Waals surface area (Å²) in [6.45, 7) is 21.6. The Morgan fingerprint density at radius 3 is 2.11 bits per heavy atom. The highest BCUT2D eigenvalue weighted by atomic mass is 19.1. The topological polar surface area (TPSA) is 64.6 Å². The summed E-state index contributed by atoms with van der Waals surface area (Å²) in [5.74, 6) is -0.143. The maximum atomic E-state index is 13.0. The highest BCUT2D eigenvalue weighted by molar-refractivity contribution is 5.78. The highest BCUT2D eigenvalue weighted by Crippen LogP contribution is 2.52. The average Bonchev–Trinajstić information content (AvgIpc) is 3.46. The van der Waals surface area contributed by atoms with Crippen molar-refractivity contribution in [3.63, 3.8) is 0 Å². The summed E-state index contributed by atoms with van der Waals surface area (Å²) in [6.07, 6.45) is 9.21. The molecular formula is C30H52FNO4. The van der Waals surface area contributed by atoms with Gasteiger partial charge in [0.1, 0.15) is 17.9 Å². The lowest BCUT2D eigenvalue weighted by molar-refractivity contribution is -0.125. The molecule has 1 aliphatic carbocycles. The van der Waals surface area contributed by atoms with E-state index >= 15 is 0 Å². The van der Waals surface area contributed by atoms with Crippen molar-refractivity contribution in [1.29, 1.82) is 0 Å². The fourth-order valence-electron chi connectivity index (χ4n) is 4.05. The maximum absolute atomic E-state index is 13.0. The lowest BCUT2D eigenvalue weighted by atomic mass is 9.87. The van der Waals surface area contributed by atoms with Gasteiger partial charge in [0, 0.05) is 38.6 Å². The van der Waals surface area contributed by atoms with Gasteiger partial charge < -0.3 is 19.6 Å². The maximum Gasteiger partial charge on any atom is 0.135 e. The predicted octanol–water partition coefficient (Wildman–Crippen LogP) is 6.63. The fraction of sp³-hybridized carbons (Fsp3) is 0.733. The summed E-state index contributed by atoms with van der Waals surface area (Å²) in [4.78, 5) is 22.2. The van der Waals surface area contributed by atoms with E-state index in [-0.39, 0.29) is 35.2 Å². The van der Waals surface area contributed by atoms with Crippen LogP contribution in [0, 0.1) is 23.2 Å². The number of aldehydes is 1. The Morgan fingerprint density at radius 1 is 1.25 bits per heavy atom. The van der Waals surface area contributed by atoms with E-state index in [9.17, 15) is 14.0 Å². The van der Waals surface area contributed by atoms with Crippen LogP contribution in [0.3, 0.4) is 0 Å². The molecule has 2 fully saturated rings. The number of Topliss-reactive ketones (excluding diaryl/α,β-unsaturated/α-hetero) is 1. The van der Waals surface area contributed by atoms with Crippen LogP contribution in [0.25, 0.3) is 0 Å². The van der Waals surface area contributed by atoms with Crippen molar-refractivity contribution in [2.24, 2.45) is 23.2 Å². The van der Waals surface area contributed by atoms with Crippen molar-refractivity contribution in [3.8, 4) is 0 Å². The van der Waals surface area contributed by atoms with E-state index in [1.807, 2.05) is 41.5 Å². The number of carbonyl (C=O) groups excluding carboxylic acids is 2. The van der Waals surface area contributed by atoms with E-state index in [0.29, 0.717) is 23.5 Å². The molecule has 1 saturated carbocycles. The van der Waals surface area contributed by atoms with E-state index in [0.717, 1.165) is 19.3 Å². The molecule has 2 rings (SSSR count). The van der Waals surface area contributed by atoms with Crippen molar-refractivity contribution in [2.45, 2.75) is 98.3 Å². The first-order valence-corrected chi connectivity index (χ1v) is 13.1. The van der Waals surface area contributed by atoms with Gasteiger partial charge in [-0.3, -0.25) is 4.79 Å². The molecule has 5 nitrogen and oxygen atoms in total. The van der Waals surface area contributed by atoms with Gasteiger partial charge in [0.25, 0.3) is 0 Å². The van der Waals surface area contributed by atoms with Crippen LogP contribution in [0.5, 0.6) is 0 Å².